The van der Waals surface area contributed by atoms with Crippen LogP contribution in [0.1, 0.15) is 0 Å². The van der Waals surface area contributed by atoms with E-state index >= 15 is 0 Å². The fourth-order valence-corrected chi connectivity index (χ4v) is 2.86. The molecule has 4 rings (SSSR count). The van der Waals surface area contributed by atoms with Crippen molar-refractivity contribution in [2.75, 3.05) is 7.11 Å². The van der Waals surface area contributed by atoms with Gasteiger partial charge in [0.05, 0.1) is 24.7 Å². The van der Waals surface area contributed by atoms with Gasteiger partial charge >= 0.3 is 6.36 Å². The first kappa shape index (κ1) is 17.8. The number of fused-ring (bicyclic) bond motifs is 1. The quantitative estimate of drug-likeness (QED) is 0.498. The van der Waals surface area contributed by atoms with Crippen molar-refractivity contribution in [3.63, 3.8) is 0 Å². The monoisotopic (exact) mass is 385 g/mol. The molecule has 2 aromatic carbocycles. The van der Waals surface area contributed by atoms with E-state index in [4.69, 9.17) is 4.74 Å². The van der Waals surface area contributed by atoms with Crippen molar-refractivity contribution in [1.29, 1.82) is 0 Å². The van der Waals surface area contributed by atoms with E-state index in [-0.39, 0.29) is 5.75 Å². The summed E-state index contributed by atoms with van der Waals surface area (Å²) >= 11 is 0. The second-order valence-corrected chi connectivity index (χ2v) is 5.94. The number of hydrogen-bond donors (Lipinski definition) is 0. The van der Waals surface area contributed by atoms with Crippen molar-refractivity contribution >= 4 is 5.65 Å². The summed E-state index contributed by atoms with van der Waals surface area (Å²) in [6.45, 7) is 0. The number of methoxy groups -OCH3 is 1. The number of nitrogens with zero attached hydrogens (tertiary/aromatic N) is 3. The van der Waals surface area contributed by atoms with Gasteiger partial charge in [0, 0.05) is 11.1 Å². The summed E-state index contributed by atoms with van der Waals surface area (Å²) in [5, 5.41) is 4.60. The maximum absolute atomic E-state index is 12.5. The molecule has 2 heterocycles. The van der Waals surface area contributed by atoms with Crippen molar-refractivity contribution in [2.24, 2.45) is 0 Å². The molecule has 0 saturated carbocycles. The third-order valence-corrected chi connectivity index (χ3v) is 4.09. The van der Waals surface area contributed by atoms with E-state index in [0.29, 0.717) is 28.3 Å². The van der Waals surface area contributed by atoms with Gasteiger partial charge in [-0.25, -0.2) is 9.50 Å². The molecule has 28 heavy (non-hydrogen) atoms. The van der Waals surface area contributed by atoms with Crippen molar-refractivity contribution in [2.45, 2.75) is 6.36 Å². The van der Waals surface area contributed by atoms with Crippen LogP contribution >= 0.6 is 0 Å². The minimum atomic E-state index is -4.75. The highest BCUT2D eigenvalue weighted by atomic mass is 19.4. The Morgan fingerprint density at radius 3 is 2.36 bits per heavy atom. The average Bonchev–Trinajstić information content (AvgIpc) is 3.10. The molecule has 4 aromatic rings. The van der Waals surface area contributed by atoms with Gasteiger partial charge in [0.15, 0.2) is 5.65 Å². The average molecular weight is 385 g/mol. The van der Waals surface area contributed by atoms with Gasteiger partial charge in [-0.15, -0.1) is 13.2 Å². The molecule has 0 N–H and O–H groups in total. The lowest BCUT2D eigenvalue weighted by atomic mass is 10.1. The largest absolute Gasteiger partial charge is 0.573 e. The van der Waals surface area contributed by atoms with Gasteiger partial charge in [-0.1, -0.05) is 24.3 Å². The van der Waals surface area contributed by atoms with Gasteiger partial charge in [0.1, 0.15) is 11.5 Å². The molecule has 5 nitrogen and oxygen atoms in total. The summed E-state index contributed by atoms with van der Waals surface area (Å²) in [5.41, 5.74) is 3.14. The Kier molecular flexibility index (Phi) is 4.38. The predicted octanol–water partition coefficient (Wildman–Crippen LogP) is 4.97. The Bertz CT molecular complexity index is 1140. The van der Waals surface area contributed by atoms with Crippen LogP contribution in [0, 0.1) is 0 Å². The summed E-state index contributed by atoms with van der Waals surface area (Å²) in [5.74, 6) is 0.395. The summed E-state index contributed by atoms with van der Waals surface area (Å²) in [6.07, 6.45) is -3.19. The van der Waals surface area contributed by atoms with E-state index < -0.39 is 6.36 Å². The van der Waals surface area contributed by atoms with Crippen LogP contribution in [-0.4, -0.2) is 28.1 Å². The smallest absolute Gasteiger partial charge is 0.497 e. The number of rotatable bonds is 4. The van der Waals surface area contributed by atoms with E-state index in [0.717, 1.165) is 5.56 Å². The van der Waals surface area contributed by atoms with Crippen molar-refractivity contribution in [1.82, 2.24) is 14.6 Å². The molecule has 0 spiro atoms. The molecular weight excluding hydrogens is 371 g/mol. The van der Waals surface area contributed by atoms with Gasteiger partial charge in [-0.3, -0.25) is 0 Å². The molecule has 0 bridgehead atoms. The standard InChI is InChI=1S/C20H14F3N3O2/c1-27-15-6-2-4-13(10-15)17-8-9-19-24-12-18(26(19)25-17)14-5-3-7-16(11-14)28-20(21,22)23/h2-12H,1H3. The predicted molar refractivity (Wildman–Crippen MR) is 97.1 cm³/mol. The Balaban J connectivity index is 1.77. The Morgan fingerprint density at radius 2 is 1.61 bits per heavy atom. The number of hydrogen-bond acceptors (Lipinski definition) is 4. The fraction of sp³-hybridized carbons (Fsp3) is 0.100. The number of aromatic nitrogens is 3. The number of benzene rings is 2. The zero-order valence-corrected chi connectivity index (χ0v) is 14.6. The maximum atomic E-state index is 12.5. The summed E-state index contributed by atoms with van der Waals surface area (Å²) in [7, 11) is 1.58. The highest BCUT2D eigenvalue weighted by Gasteiger charge is 2.31. The molecule has 0 aliphatic carbocycles. The van der Waals surface area contributed by atoms with Crippen LogP contribution in [0.3, 0.4) is 0 Å². The second-order valence-electron chi connectivity index (χ2n) is 5.94. The Labute approximate surface area is 158 Å². The van der Waals surface area contributed by atoms with Gasteiger partial charge in [0.25, 0.3) is 0 Å². The molecule has 0 fully saturated rings. The van der Waals surface area contributed by atoms with E-state index in [2.05, 4.69) is 14.8 Å². The topological polar surface area (TPSA) is 48.7 Å². The van der Waals surface area contributed by atoms with E-state index in [1.54, 1.807) is 30.0 Å². The lowest BCUT2D eigenvalue weighted by Crippen LogP contribution is -2.17. The van der Waals surface area contributed by atoms with Crippen LogP contribution in [0.15, 0.2) is 66.9 Å². The third-order valence-electron chi connectivity index (χ3n) is 4.09. The van der Waals surface area contributed by atoms with Crippen LogP contribution in [0.2, 0.25) is 0 Å². The molecular formula is C20H14F3N3O2. The molecule has 0 unspecified atom stereocenters. The number of halogens is 3. The van der Waals surface area contributed by atoms with Gasteiger partial charge in [-0.05, 0) is 36.4 Å². The summed E-state index contributed by atoms with van der Waals surface area (Å²) in [4.78, 5) is 4.28. The van der Waals surface area contributed by atoms with E-state index in [1.165, 1.54) is 18.2 Å². The van der Waals surface area contributed by atoms with Gasteiger partial charge < -0.3 is 9.47 Å². The Morgan fingerprint density at radius 1 is 0.893 bits per heavy atom. The SMILES string of the molecule is COc1cccc(-c2ccc3ncc(-c4cccc(OC(F)(F)F)c4)n3n2)c1. The summed E-state index contributed by atoms with van der Waals surface area (Å²) < 4.78 is 48.4. The van der Waals surface area contributed by atoms with Crippen molar-refractivity contribution < 1.29 is 22.6 Å². The summed E-state index contributed by atoms with van der Waals surface area (Å²) in [6, 6.07) is 16.8. The minimum absolute atomic E-state index is 0.302. The molecule has 8 heteroatoms. The van der Waals surface area contributed by atoms with Gasteiger partial charge in [-0.2, -0.15) is 5.10 Å². The molecule has 0 aliphatic heterocycles. The van der Waals surface area contributed by atoms with Crippen molar-refractivity contribution in [3.05, 3.63) is 66.9 Å². The van der Waals surface area contributed by atoms with E-state index in [1.807, 2.05) is 30.3 Å². The van der Waals surface area contributed by atoms with Crippen LogP contribution in [0.5, 0.6) is 11.5 Å². The molecule has 2 aromatic heterocycles. The normalized spacial score (nSPS) is 11.6. The zero-order valence-electron chi connectivity index (χ0n) is 14.6. The van der Waals surface area contributed by atoms with Crippen LogP contribution < -0.4 is 9.47 Å². The maximum Gasteiger partial charge on any atom is 0.573 e. The highest BCUT2D eigenvalue weighted by Crippen LogP contribution is 2.29. The lowest BCUT2D eigenvalue weighted by Gasteiger charge is -2.10. The number of imidazole rings is 1. The first-order valence-electron chi connectivity index (χ1n) is 8.28. The molecule has 0 saturated heterocycles. The molecule has 0 atom stereocenters. The lowest BCUT2D eigenvalue weighted by molar-refractivity contribution is -0.274. The zero-order chi connectivity index (χ0) is 19.7. The molecule has 0 radical (unpaired) electrons. The number of ether oxygens (including phenoxy) is 2. The molecule has 142 valence electrons. The molecule has 0 aliphatic rings. The second kappa shape index (κ2) is 6.88. The first-order chi connectivity index (χ1) is 13.4. The number of alkyl halides is 3. The van der Waals surface area contributed by atoms with Crippen LogP contribution in [-0.2, 0) is 0 Å². The Hall–Kier alpha value is -3.55. The fourth-order valence-electron chi connectivity index (χ4n) is 2.86. The third kappa shape index (κ3) is 3.62. The molecule has 0 amide bonds. The van der Waals surface area contributed by atoms with Gasteiger partial charge in [0.2, 0.25) is 0 Å². The van der Waals surface area contributed by atoms with Crippen molar-refractivity contribution in [3.8, 4) is 34.0 Å². The first-order valence-corrected chi connectivity index (χ1v) is 8.28. The minimum Gasteiger partial charge on any atom is -0.497 e. The van der Waals surface area contributed by atoms with E-state index in [9.17, 15) is 13.2 Å². The van der Waals surface area contributed by atoms with Crippen LogP contribution in [0.4, 0.5) is 13.2 Å². The van der Waals surface area contributed by atoms with Crippen LogP contribution in [0.25, 0.3) is 28.2 Å². The highest BCUT2D eigenvalue weighted by molar-refractivity contribution is 5.67.